The molecule has 8 heteroatoms. The van der Waals surface area contributed by atoms with Crippen LogP contribution in [-0.4, -0.2) is 61.2 Å². The third-order valence-electron chi connectivity index (χ3n) is 6.78. The van der Waals surface area contributed by atoms with Crippen LogP contribution < -0.4 is 10.1 Å². The van der Waals surface area contributed by atoms with Gasteiger partial charge >= 0.3 is 6.03 Å². The first-order valence-electron chi connectivity index (χ1n) is 12.1. The highest BCUT2D eigenvalue weighted by atomic mass is 16.5. The number of piperazine rings is 1. The normalized spacial score (nSPS) is 16.6. The second kappa shape index (κ2) is 11.6. The van der Waals surface area contributed by atoms with E-state index in [-0.39, 0.29) is 18.7 Å². The van der Waals surface area contributed by atoms with Crippen LogP contribution in [0.4, 0.5) is 10.5 Å². The maximum absolute atomic E-state index is 13.0. The summed E-state index contributed by atoms with van der Waals surface area (Å²) < 4.78 is 5.95. The summed E-state index contributed by atoms with van der Waals surface area (Å²) >= 11 is 0. The maximum atomic E-state index is 13.0. The summed E-state index contributed by atoms with van der Waals surface area (Å²) in [6.07, 6.45) is 5.15. The molecule has 0 bridgehead atoms. The van der Waals surface area contributed by atoms with E-state index in [2.05, 4.69) is 11.3 Å². The van der Waals surface area contributed by atoms with Crippen molar-refractivity contribution < 1.29 is 14.3 Å². The van der Waals surface area contributed by atoms with E-state index in [4.69, 9.17) is 10.00 Å². The first-order valence-corrected chi connectivity index (χ1v) is 12.1. The summed E-state index contributed by atoms with van der Waals surface area (Å²) in [4.78, 5) is 29.0. The molecule has 34 heavy (non-hydrogen) atoms. The fourth-order valence-corrected chi connectivity index (χ4v) is 4.66. The van der Waals surface area contributed by atoms with Crippen LogP contribution >= 0.6 is 0 Å². The Bertz CT molecular complexity index is 1010. The first kappa shape index (κ1) is 23.7. The van der Waals surface area contributed by atoms with Crippen molar-refractivity contribution in [3.05, 3.63) is 60.2 Å². The van der Waals surface area contributed by atoms with E-state index < -0.39 is 0 Å². The second-order valence-electron chi connectivity index (χ2n) is 9.09. The minimum absolute atomic E-state index is 0.0385. The van der Waals surface area contributed by atoms with E-state index in [1.807, 2.05) is 54.6 Å². The number of benzene rings is 2. The average molecular weight is 458 g/mol. The Morgan fingerprint density at radius 3 is 2.41 bits per heavy atom. The van der Waals surface area contributed by atoms with Crippen molar-refractivity contribution >= 4 is 24.3 Å². The van der Waals surface area contributed by atoms with Gasteiger partial charge in [-0.1, -0.05) is 49.7 Å². The SMILES string of the molecule is N#CB1CCC(CCOc2cccc(C(=O)N3CCN(C(=O)Nc4ccccc4)CC3)c2)CC1. The number of para-hydroxylation sites is 1. The van der Waals surface area contributed by atoms with Crippen molar-refractivity contribution in [2.45, 2.75) is 31.9 Å². The standard InChI is InChI=1S/C26H31BN4O3/c28-20-27-12-9-21(10-13-27)11-18-34-24-8-4-5-22(19-24)25(32)30-14-16-31(17-15-30)26(33)29-23-6-2-1-3-7-23/h1-8,19,21H,9-18H2,(H,29,33). The molecule has 0 spiro atoms. The maximum Gasteiger partial charge on any atom is 0.321 e. The molecular formula is C26H31BN4O3. The third-order valence-corrected chi connectivity index (χ3v) is 6.78. The lowest BCUT2D eigenvalue weighted by Gasteiger charge is -2.34. The molecule has 0 aliphatic carbocycles. The number of carbonyl (C=O) groups is 2. The number of amides is 3. The molecule has 4 rings (SSSR count). The quantitative estimate of drug-likeness (QED) is 0.650. The van der Waals surface area contributed by atoms with Gasteiger partial charge in [-0.05, 0) is 42.7 Å². The lowest BCUT2D eigenvalue weighted by atomic mass is 9.41. The molecule has 2 saturated heterocycles. The van der Waals surface area contributed by atoms with Crippen LogP contribution in [-0.2, 0) is 0 Å². The highest BCUT2D eigenvalue weighted by Crippen LogP contribution is 2.27. The van der Waals surface area contributed by atoms with Gasteiger partial charge in [0.2, 0.25) is 0 Å². The molecule has 2 heterocycles. The number of urea groups is 1. The smallest absolute Gasteiger partial charge is 0.321 e. The molecule has 1 N–H and O–H groups in total. The molecule has 2 fully saturated rings. The number of nitrogens with one attached hydrogen (secondary N) is 1. The van der Waals surface area contributed by atoms with Crippen molar-refractivity contribution in [3.8, 4) is 11.7 Å². The number of anilines is 1. The predicted octanol–water partition coefficient (Wildman–Crippen LogP) is 4.41. The summed E-state index contributed by atoms with van der Waals surface area (Å²) in [5, 5.41) is 11.9. The molecule has 0 radical (unpaired) electrons. The van der Waals surface area contributed by atoms with E-state index in [1.165, 1.54) is 0 Å². The monoisotopic (exact) mass is 458 g/mol. The van der Waals surface area contributed by atoms with Gasteiger partial charge in [-0.2, -0.15) is 0 Å². The van der Waals surface area contributed by atoms with Gasteiger partial charge in [-0.25, -0.2) is 10.1 Å². The van der Waals surface area contributed by atoms with Crippen molar-refractivity contribution in [3.63, 3.8) is 0 Å². The van der Waals surface area contributed by atoms with E-state index in [1.54, 1.807) is 9.80 Å². The highest BCUT2D eigenvalue weighted by Gasteiger charge is 2.26. The topological polar surface area (TPSA) is 85.7 Å². The van der Waals surface area contributed by atoms with Crippen LogP contribution in [0.2, 0.25) is 12.6 Å². The van der Waals surface area contributed by atoms with Crippen LogP contribution in [0.5, 0.6) is 5.75 Å². The summed E-state index contributed by atoms with van der Waals surface area (Å²) in [5.74, 6) is 3.66. The number of hydrogen-bond acceptors (Lipinski definition) is 4. The van der Waals surface area contributed by atoms with E-state index >= 15 is 0 Å². The lowest BCUT2D eigenvalue weighted by molar-refractivity contribution is 0.0671. The van der Waals surface area contributed by atoms with Gasteiger partial charge in [0.05, 0.1) is 6.61 Å². The fraction of sp³-hybridized carbons (Fsp3) is 0.423. The van der Waals surface area contributed by atoms with Crippen LogP contribution in [0.3, 0.4) is 0 Å². The summed E-state index contributed by atoms with van der Waals surface area (Å²) in [5.41, 5.74) is 1.37. The molecule has 7 nitrogen and oxygen atoms in total. The molecule has 0 saturated carbocycles. The van der Waals surface area contributed by atoms with Crippen molar-refractivity contribution in [2.75, 3.05) is 38.1 Å². The van der Waals surface area contributed by atoms with Crippen LogP contribution in [0.15, 0.2) is 54.6 Å². The van der Waals surface area contributed by atoms with E-state index in [0.717, 1.165) is 37.6 Å². The van der Waals surface area contributed by atoms with Gasteiger partial charge in [-0.15, -0.1) is 0 Å². The number of nitriles is 1. The zero-order valence-electron chi connectivity index (χ0n) is 19.5. The van der Waals surface area contributed by atoms with E-state index in [0.29, 0.717) is 50.0 Å². The predicted molar refractivity (Wildman–Crippen MR) is 133 cm³/mol. The Morgan fingerprint density at radius 2 is 1.71 bits per heavy atom. The Hall–Kier alpha value is -3.47. The third kappa shape index (κ3) is 6.31. The molecule has 2 aliphatic rings. The van der Waals surface area contributed by atoms with Crippen molar-refractivity contribution in [1.29, 1.82) is 5.26 Å². The Labute approximate surface area is 201 Å². The van der Waals surface area contributed by atoms with Crippen LogP contribution in [0, 0.1) is 17.1 Å². The fourth-order valence-electron chi connectivity index (χ4n) is 4.66. The van der Waals surface area contributed by atoms with Crippen molar-refractivity contribution in [2.24, 2.45) is 5.92 Å². The molecule has 0 aromatic heterocycles. The largest absolute Gasteiger partial charge is 0.494 e. The number of rotatable bonds is 6. The number of carbonyl (C=O) groups excluding carboxylic acids is 2. The Morgan fingerprint density at radius 1 is 1.00 bits per heavy atom. The van der Waals surface area contributed by atoms with Gasteiger partial charge < -0.3 is 19.9 Å². The molecule has 176 valence electrons. The van der Waals surface area contributed by atoms with Crippen LogP contribution in [0.25, 0.3) is 0 Å². The highest BCUT2D eigenvalue weighted by molar-refractivity contribution is 6.67. The molecule has 0 atom stereocenters. The number of hydrogen-bond donors (Lipinski definition) is 1. The minimum Gasteiger partial charge on any atom is -0.494 e. The number of ether oxygens (including phenoxy) is 1. The molecule has 2 aromatic carbocycles. The van der Waals surface area contributed by atoms with Gasteiger partial charge in [0.25, 0.3) is 12.6 Å². The summed E-state index contributed by atoms with van der Waals surface area (Å²) in [6.45, 7) is 2.83. The number of nitrogens with zero attached hydrogens (tertiary/aromatic N) is 3. The summed E-state index contributed by atoms with van der Waals surface area (Å²) in [6, 6.07) is 16.6. The molecule has 0 unspecified atom stereocenters. The van der Waals surface area contributed by atoms with Gasteiger partial charge in [0.1, 0.15) is 5.75 Å². The van der Waals surface area contributed by atoms with Crippen molar-refractivity contribution in [1.82, 2.24) is 9.80 Å². The summed E-state index contributed by atoms with van der Waals surface area (Å²) in [7, 11) is 0. The molecular weight excluding hydrogens is 427 g/mol. The van der Waals surface area contributed by atoms with Gasteiger partial charge in [0.15, 0.2) is 0 Å². The van der Waals surface area contributed by atoms with Gasteiger partial charge in [0, 0.05) is 43.4 Å². The first-order chi connectivity index (χ1) is 16.6. The van der Waals surface area contributed by atoms with E-state index in [9.17, 15) is 9.59 Å². The average Bonchev–Trinajstić information content (AvgIpc) is 2.89. The second-order valence-corrected chi connectivity index (χ2v) is 9.09. The molecule has 2 aliphatic heterocycles. The zero-order valence-corrected chi connectivity index (χ0v) is 19.5. The van der Waals surface area contributed by atoms with Gasteiger partial charge in [-0.3, -0.25) is 4.79 Å². The molecule has 2 aromatic rings. The van der Waals surface area contributed by atoms with Crippen LogP contribution in [0.1, 0.15) is 29.6 Å². The lowest BCUT2D eigenvalue weighted by Crippen LogP contribution is -2.51. The molecule has 3 amide bonds. The Kier molecular flexibility index (Phi) is 8.08. The Balaban J connectivity index is 1.22. The zero-order chi connectivity index (χ0) is 23.8. The minimum atomic E-state index is -0.144.